The van der Waals surface area contributed by atoms with Gasteiger partial charge in [0.25, 0.3) is 0 Å². The van der Waals surface area contributed by atoms with Crippen LogP contribution >= 0.6 is 0 Å². The predicted molar refractivity (Wildman–Crippen MR) is 76.0 cm³/mol. The fourth-order valence-corrected chi connectivity index (χ4v) is 2.09. The van der Waals surface area contributed by atoms with Gasteiger partial charge in [0.2, 0.25) is 5.91 Å². The van der Waals surface area contributed by atoms with Gasteiger partial charge >= 0.3 is 0 Å². The summed E-state index contributed by atoms with van der Waals surface area (Å²) in [5, 5.41) is 4.16. The highest BCUT2D eigenvalue weighted by molar-refractivity contribution is 5.93. The van der Waals surface area contributed by atoms with E-state index in [1.54, 1.807) is 15.8 Å². The Balaban J connectivity index is 2.18. The first-order valence-corrected chi connectivity index (χ1v) is 6.44. The smallest absolute Gasteiger partial charge is 0.248 e. The van der Waals surface area contributed by atoms with Crippen LogP contribution < -0.4 is 4.90 Å². The molecular formula is C15H19N3O. The lowest BCUT2D eigenvalue weighted by Gasteiger charge is -2.26. The summed E-state index contributed by atoms with van der Waals surface area (Å²) in [5.74, 6) is 0.0456. The molecule has 1 aromatic heterocycles. The van der Waals surface area contributed by atoms with Crippen molar-refractivity contribution in [1.29, 1.82) is 0 Å². The van der Waals surface area contributed by atoms with Gasteiger partial charge in [-0.05, 0) is 38.5 Å². The maximum atomic E-state index is 12.4. The summed E-state index contributed by atoms with van der Waals surface area (Å²) in [6, 6.07) is 9.85. The van der Waals surface area contributed by atoms with Crippen LogP contribution in [-0.2, 0) is 11.3 Å². The van der Waals surface area contributed by atoms with Crippen LogP contribution in [0.4, 0.5) is 5.69 Å². The highest BCUT2D eigenvalue weighted by Crippen LogP contribution is 2.17. The molecule has 0 spiro atoms. The Kier molecular flexibility index (Phi) is 4.00. The van der Waals surface area contributed by atoms with E-state index >= 15 is 0 Å². The second-order valence-electron chi connectivity index (χ2n) is 4.91. The first kappa shape index (κ1) is 13.3. The normalized spacial score (nSPS) is 10.7. The molecule has 19 heavy (non-hydrogen) atoms. The van der Waals surface area contributed by atoms with Crippen molar-refractivity contribution in [2.24, 2.45) is 0 Å². The van der Waals surface area contributed by atoms with Gasteiger partial charge in [0.05, 0.1) is 6.20 Å². The minimum atomic E-state index is 0.0456. The molecule has 100 valence electrons. The molecule has 4 nitrogen and oxygen atoms in total. The summed E-state index contributed by atoms with van der Waals surface area (Å²) in [4.78, 5) is 14.2. The summed E-state index contributed by atoms with van der Waals surface area (Å²) in [6.07, 6.45) is 3.64. The van der Waals surface area contributed by atoms with Gasteiger partial charge in [-0.3, -0.25) is 9.48 Å². The topological polar surface area (TPSA) is 38.1 Å². The maximum absolute atomic E-state index is 12.4. The molecule has 1 heterocycles. The Morgan fingerprint density at radius 1 is 1.32 bits per heavy atom. The molecule has 0 saturated carbocycles. The third-order valence-electron chi connectivity index (χ3n) is 2.88. The van der Waals surface area contributed by atoms with Crippen LogP contribution in [0.2, 0.25) is 0 Å². The van der Waals surface area contributed by atoms with E-state index in [0.29, 0.717) is 0 Å². The van der Waals surface area contributed by atoms with Gasteiger partial charge in [-0.1, -0.05) is 18.2 Å². The zero-order valence-electron chi connectivity index (χ0n) is 11.6. The van der Waals surface area contributed by atoms with Crippen LogP contribution in [0.3, 0.4) is 0 Å². The summed E-state index contributed by atoms with van der Waals surface area (Å²) >= 11 is 0. The lowest BCUT2D eigenvalue weighted by molar-refractivity contribution is -0.119. The molecule has 0 N–H and O–H groups in total. The van der Waals surface area contributed by atoms with E-state index in [1.165, 1.54) is 0 Å². The quantitative estimate of drug-likeness (QED) is 0.844. The molecule has 0 radical (unpaired) electrons. The molecule has 0 saturated heterocycles. The first-order valence-electron chi connectivity index (χ1n) is 6.44. The number of nitrogens with zero attached hydrogens (tertiary/aromatic N) is 3. The monoisotopic (exact) mass is 257 g/mol. The highest BCUT2D eigenvalue weighted by Gasteiger charge is 2.19. The van der Waals surface area contributed by atoms with Crippen molar-refractivity contribution in [1.82, 2.24) is 9.78 Å². The van der Waals surface area contributed by atoms with Gasteiger partial charge in [-0.25, -0.2) is 0 Å². The van der Waals surface area contributed by atoms with Crippen LogP contribution in [-0.4, -0.2) is 21.7 Å². The van der Waals surface area contributed by atoms with Crippen molar-refractivity contribution >= 4 is 11.6 Å². The molecule has 2 rings (SSSR count). The number of carbonyl (C=O) groups excluding carboxylic acids is 1. The number of rotatable bonds is 4. The second-order valence-corrected chi connectivity index (χ2v) is 4.91. The first-order chi connectivity index (χ1) is 9.08. The van der Waals surface area contributed by atoms with Crippen LogP contribution in [0.15, 0.2) is 42.7 Å². The van der Waals surface area contributed by atoms with Crippen molar-refractivity contribution in [2.45, 2.75) is 33.4 Å². The Bertz CT molecular complexity index is 546. The van der Waals surface area contributed by atoms with Crippen molar-refractivity contribution in [3.8, 4) is 0 Å². The van der Waals surface area contributed by atoms with Crippen molar-refractivity contribution in [3.63, 3.8) is 0 Å². The Morgan fingerprint density at radius 2 is 2.00 bits per heavy atom. The SMILES string of the molecule is Cc1cnn(CC(=O)N(c2ccccc2)C(C)C)c1. The van der Waals surface area contributed by atoms with Crippen molar-refractivity contribution < 1.29 is 4.79 Å². The summed E-state index contributed by atoms with van der Waals surface area (Å²) in [5.41, 5.74) is 1.98. The van der Waals surface area contributed by atoms with E-state index in [1.807, 2.05) is 57.3 Å². The van der Waals surface area contributed by atoms with E-state index < -0.39 is 0 Å². The lowest BCUT2D eigenvalue weighted by atomic mass is 10.2. The van der Waals surface area contributed by atoms with Gasteiger partial charge in [-0.2, -0.15) is 5.10 Å². The average molecular weight is 257 g/mol. The van der Waals surface area contributed by atoms with Crippen molar-refractivity contribution in [3.05, 3.63) is 48.3 Å². The minimum Gasteiger partial charge on any atom is -0.308 e. The van der Waals surface area contributed by atoms with E-state index in [0.717, 1.165) is 11.3 Å². The zero-order chi connectivity index (χ0) is 13.8. The van der Waals surface area contributed by atoms with E-state index in [-0.39, 0.29) is 18.5 Å². The van der Waals surface area contributed by atoms with Crippen LogP contribution in [0.25, 0.3) is 0 Å². The Labute approximate surface area is 113 Å². The number of hydrogen-bond acceptors (Lipinski definition) is 2. The number of para-hydroxylation sites is 1. The molecule has 4 heteroatoms. The van der Waals surface area contributed by atoms with E-state index in [4.69, 9.17) is 0 Å². The number of anilines is 1. The van der Waals surface area contributed by atoms with E-state index in [9.17, 15) is 4.79 Å². The third-order valence-corrected chi connectivity index (χ3v) is 2.88. The standard InChI is InChI=1S/C15H19N3O/c1-12(2)18(14-7-5-4-6-8-14)15(19)11-17-10-13(3)9-16-17/h4-10,12H,11H2,1-3H3. The van der Waals surface area contributed by atoms with Crippen LogP contribution in [0.1, 0.15) is 19.4 Å². The van der Waals surface area contributed by atoms with Gasteiger partial charge in [-0.15, -0.1) is 0 Å². The van der Waals surface area contributed by atoms with Gasteiger partial charge in [0.1, 0.15) is 6.54 Å². The highest BCUT2D eigenvalue weighted by atomic mass is 16.2. The molecule has 1 amide bonds. The fourth-order valence-electron chi connectivity index (χ4n) is 2.09. The van der Waals surface area contributed by atoms with Crippen LogP contribution in [0.5, 0.6) is 0 Å². The number of hydrogen-bond donors (Lipinski definition) is 0. The number of amides is 1. The molecule has 0 fully saturated rings. The number of carbonyl (C=O) groups is 1. The molecule has 0 aliphatic carbocycles. The molecule has 2 aromatic rings. The average Bonchev–Trinajstić information content (AvgIpc) is 2.75. The number of benzene rings is 1. The third kappa shape index (κ3) is 3.22. The Morgan fingerprint density at radius 3 is 2.53 bits per heavy atom. The summed E-state index contributed by atoms with van der Waals surface area (Å²) in [6.45, 7) is 6.25. The van der Waals surface area contributed by atoms with Gasteiger partial charge in [0, 0.05) is 17.9 Å². The number of aromatic nitrogens is 2. The summed E-state index contributed by atoms with van der Waals surface area (Å²) < 4.78 is 1.68. The molecule has 1 aromatic carbocycles. The van der Waals surface area contributed by atoms with Crippen molar-refractivity contribution in [2.75, 3.05) is 4.90 Å². The van der Waals surface area contributed by atoms with E-state index in [2.05, 4.69) is 5.10 Å². The maximum Gasteiger partial charge on any atom is 0.248 e. The molecule has 0 bridgehead atoms. The van der Waals surface area contributed by atoms with Crippen LogP contribution in [0, 0.1) is 6.92 Å². The van der Waals surface area contributed by atoms with Gasteiger partial charge < -0.3 is 4.90 Å². The fraction of sp³-hybridized carbons (Fsp3) is 0.333. The lowest BCUT2D eigenvalue weighted by Crippen LogP contribution is -2.39. The molecule has 0 aliphatic heterocycles. The summed E-state index contributed by atoms with van der Waals surface area (Å²) in [7, 11) is 0. The Hall–Kier alpha value is -2.10. The second kappa shape index (κ2) is 5.69. The molecule has 0 unspecified atom stereocenters. The minimum absolute atomic E-state index is 0.0456. The predicted octanol–water partition coefficient (Wildman–Crippen LogP) is 2.63. The molecule has 0 aliphatic rings. The molecule has 0 atom stereocenters. The van der Waals surface area contributed by atoms with Gasteiger partial charge in [0.15, 0.2) is 0 Å². The molecular weight excluding hydrogens is 238 g/mol. The zero-order valence-corrected chi connectivity index (χ0v) is 11.6. The largest absolute Gasteiger partial charge is 0.308 e. The number of aryl methyl sites for hydroxylation is 1.